The van der Waals surface area contributed by atoms with E-state index in [1.807, 2.05) is 13.0 Å². The van der Waals surface area contributed by atoms with Gasteiger partial charge in [0.2, 0.25) is 0 Å². The zero-order valence-corrected chi connectivity index (χ0v) is 11.6. The van der Waals surface area contributed by atoms with Crippen LogP contribution in [0.25, 0.3) is 5.70 Å². The molecule has 21 heavy (non-hydrogen) atoms. The van der Waals surface area contributed by atoms with Gasteiger partial charge in [-0.05, 0) is 13.0 Å². The van der Waals surface area contributed by atoms with Crippen molar-refractivity contribution >= 4 is 17.5 Å². The van der Waals surface area contributed by atoms with Crippen LogP contribution >= 0.6 is 0 Å². The number of aryl methyl sites for hydroxylation is 1. The molecule has 114 valence electrons. The molecule has 0 unspecified atom stereocenters. The Morgan fingerprint density at radius 2 is 2.19 bits per heavy atom. The molecule has 5 N–H and O–H groups in total. The molecule has 2 aliphatic rings. The Bertz CT molecular complexity index is 609. The van der Waals surface area contributed by atoms with Crippen molar-refractivity contribution in [2.45, 2.75) is 25.2 Å². The van der Waals surface area contributed by atoms with Gasteiger partial charge < -0.3 is 30.0 Å². The van der Waals surface area contributed by atoms with E-state index in [0.717, 1.165) is 11.3 Å². The van der Waals surface area contributed by atoms with E-state index in [4.69, 9.17) is 9.47 Å². The minimum atomic E-state index is -1.00. The number of fused-ring (bicyclic) bond motifs is 1. The normalized spacial score (nSPS) is 31.4. The standard InChI is InChI=1S/C13H17N3O5/c1-5-3-6-8(15-13(19)16-12(6)14-5)10-11(20-2)9(18)7(4-17)21-10/h3,7,9,11,14,17-18H,4H2,1-2H3,(H2,15,16,19)/t7-,9-,11-/m1/s1. The maximum Gasteiger partial charge on any atom is 0.324 e. The van der Waals surface area contributed by atoms with Gasteiger partial charge in [-0.2, -0.15) is 0 Å². The van der Waals surface area contributed by atoms with Crippen molar-refractivity contribution in [1.82, 2.24) is 10.3 Å². The second-order valence-electron chi connectivity index (χ2n) is 5.05. The predicted octanol–water partition coefficient (Wildman–Crippen LogP) is -0.106. The summed E-state index contributed by atoms with van der Waals surface area (Å²) in [5.41, 5.74) is 2.02. The van der Waals surface area contributed by atoms with Gasteiger partial charge in [-0.25, -0.2) is 4.79 Å². The van der Waals surface area contributed by atoms with Gasteiger partial charge in [-0.15, -0.1) is 0 Å². The third kappa shape index (κ3) is 2.17. The summed E-state index contributed by atoms with van der Waals surface area (Å²) >= 11 is 0. The minimum Gasteiger partial charge on any atom is -0.484 e. The monoisotopic (exact) mass is 295 g/mol. The largest absolute Gasteiger partial charge is 0.484 e. The van der Waals surface area contributed by atoms with E-state index >= 15 is 0 Å². The van der Waals surface area contributed by atoms with E-state index in [1.165, 1.54) is 7.11 Å². The van der Waals surface area contributed by atoms with Crippen molar-refractivity contribution in [2.24, 2.45) is 0 Å². The highest BCUT2D eigenvalue weighted by Crippen LogP contribution is 2.36. The van der Waals surface area contributed by atoms with E-state index in [9.17, 15) is 15.0 Å². The molecule has 0 spiro atoms. The van der Waals surface area contributed by atoms with Crippen LogP contribution in [0.5, 0.6) is 0 Å². The molecule has 1 fully saturated rings. The summed E-state index contributed by atoms with van der Waals surface area (Å²) < 4.78 is 10.8. The van der Waals surface area contributed by atoms with Crippen molar-refractivity contribution in [1.29, 1.82) is 0 Å². The van der Waals surface area contributed by atoms with Gasteiger partial charge in [-0.1, -0.05) is 0 Å². The Hall–Kier alpha value is -2.03. The van der Waals surface area contributed by atoms with Gasteiger partial charge in [0, 0.05) is 18.4 Å². The average molecular weight is 295 g/mol. The molecule has 8 nitrogen and oxygen atoms in total. The summed E-state index contributed by atoms with van der Waals surface area (Å²) in [6.45, 7) is 1.52. The number of carbonyl (C=O) groups excluding carboxylic acids is 1. The van der Waals surface area contributed by atoms with Crippen molar-refractivity contribution in [3.05, 3.63) is 23.1 Å². The smallest absolute Gasteiger partial charge is 0.324 e. The zero-order chi connectivity index (χ0) is 15.1. The first kappa shape index (κ1) is 13.9. The predicted molar refractivity (Wildman–Crippen MR) is 73.4 cm³/mol. The summed E-state index contributed by atoms with van der Waals surface area (Å²) in [5.74, 6) is 0.860. The van der Waals surface area contributed by atoms with Crippen LogP contribution in [0.15, 0.2) is 11.8 Å². The first-order valence-electron chi connectivity index (χ1n) is 6.55. The minimum absolute atomic E-state index is 0.305. The number of hydrogen-bond acceptors (Lipinski definition) is 5. The molecule has 1 aromatic heterocycles. The third-order valence-corrected chi connectivity index (χ3v) is 3.61. The van der Waals surface area contributed by atoms with Crippen molar-refractivity contribution in [3.8, 4) is 0 Å². The number of aromatic nitrogens is 1. The summed E-state index contributed by atoms with van der Waals surface area (Å²) in [5, 5.41) is 24.7. The number of ether oxygens (including phenoxy) is 2. The number of nitrogens with one attached hydrogen (secondary N) is 3. The summed E-state index contributed by atoms with van der Waals surface area (Å²) in [7, 11) is 1.43. The fraction of sp³-hybridized carbons (Fsp3) is 0.462. The molecule has 3 atom stereocenters. The fourth-order valence-corrected chi connectivity index (χ4v) is 2.65. The molecule has 0 bridgehead atoms. The number of rotatable bonds is 2. The van der Waals surface area contributed by atoms with Gasteiger partial charge >= 0.3 is 6.03 Å². The third-order valence-electron chi connectivity index (χ3n) is 3.61. The highest BCUT2D eigenvalue weighted by atomic mass is 16.6. The number of amides is 2. The second kappa shape index (κ2) is 5.06. The maximum atomic E-state index is 11.7. The molecule has 0 aromatic carbocycles. The first-order valence-corrected chi connectivity index (χ1v) is 6.55. The number of H-pyrrole nitrogens is 1. The molecule has 0 saturated carbocycles. The Morgan fingerprint density at radius 1 is 1.43 bits per heavy atom. The van der Waals surface area contributed by atoms with Crippen LogP contribution in [0.3, 0.4) is 0 Å². The summed E-state index contributed by atoms with van der Waals surface area (Å²) in [6.07, 6.45) is -2.54. The molecule has 8 heteroatoms. The van der Waals surface area contributed by atoms with Crippen molar-refractivity contribution in [2.75, 3.05) is 19.0 Å². The lowest BCUT2D eigenvalue weighted by atomic mass is 10.1. The average Bonchev–Trinajstić information content (AvgIpc) is 2.96. The van der Waals surface area contributed by atoms with E-state index < -0.39 is 24.3 Å². The Balaban J connectivity index is 2.10. The first-order chi connectivity index (χ1) is 10.0. The van der Waals surface area contributed by atoms with Crippen LogP contribution in [0.4, 0.5) is 10.6 Å². The van der Waals surface area contributed by atoms with Gasteiger partial charge in [0.05, 0.1) is 12.3 Å². The molecule has 1 aromatic rings. The van der Waals surface area contributed by atoms with Crippen LogP contribution in [0.2, 0.25) is 0 Å². The molecule has 1 saturated heterocycles. The van der Waals surface area contributed by atoms with E-state index in [0.29, 0.717) is 17.3 Å². The number of anilines is 1. The van der Waals surface area contributed by atoms with Crippen molar-refractivity contribution < 1.29 is 24.5 Å². The molecule has 2 aliphatic heterocycles. The van der Waals surface area contributed by atoms with Crippen LogP contribution in [0, 0.1) is 6.92 Å². The van der Waals surface area contributed by atoms with Crippen LogP contribution in [-0.2, 0) is 9.47 Å². The number of aliphatic hydroxyl groups is 2. The van der Waals surface area contributed by atoms with Crippen LogP contribution in [-0.4, -0.2) is 53.3 Å². The topological polar surface area (TPSA) is 116 Å². The van der Waals surface area contributed by atoms with Gasteiger partial charge in [0.25, 0.3) is 0 Å². The number of aromatic amines is 1. The van der Waals surface area contributed by atoms with Crippen LogP contribution < -0.4 is 10.6 Å². The van der Waals surface area contributed by atoms with E-state index in [-0.39, 0.29) is 6.61 Å². The zero-order valence-electron chi connectivity index (χ0n) is 11.6. The van der Waals surface area contributed by atoms with Crippen molar-refractivity contribution in [3.63, 3.8) is 0 Å². The molecule has 2 amide bonds. The number of urea groups is 1. The van der Waals surface area contributed by atoms with E-state index in [1.54, 1.807) is 0 Å². The molecular weight excluding hydrogens is 278 g/mol. The lowest BCUT2D eigenvalue weighted by Crippen LogP contribution is -2.35. The lowest BCUT2D eigenvalue weighted by Gasteiger charge is -2.21. The number of carbonyl (C=O) groups is 1. The molecular formula is C13H17N3O5. The molecule has 0 radical (unpaired) electrons. The number of aliphatic hydroxyl groups excluding tert-OH is 2. The van der Waals surface area contributed by atoms with Gasteiger partial charge in [0.15, 0.2) is 11.9 Å². The fourth-order valence-electron chi connectivity index (χ4n) is 2.65. The number of methoxy groups -OCH3 is 1. The molecule has 3 heterocycles. The Kier molecular flexibility index (Phi) is 3.36. The quantitative estimate of drug-likeness (QED) is 0.522. The van der Waals surface area contributed by atoms with E-state index in [2.05, 4.69) is 15.6 Å². The second-order valence-corrected chi connectivity index (χ2v) is 5.05. The maximum absolute atomic E-state index is 11.7. The number of hydrogen-bond donors (Lipinski definition) is 5. The summed E-state index contributed by atoms with van der Waals surface area (Å²) in [6, 6.07) is 1.44. The van der Waals surface area contributed by atoms with Gasteiger partial charge in [-0.3, -0.25) is 5.32 Å². The van der Waals surface area contributed by atoms with Crippen LogP contribution in [0.1, 0.15) is 11.3 Å². The lowest BCUT2D eigenvalue weighted by molar-refractivity contribution is -0.0138. The summed E-state index contributed by atoms with van der Waals surface area (Å²) in [4.78, 5) is 14.8. The van der Waals surface area contributed by atoms with Gasteiger partial charge in [0.1, 0.15) is 18.0 Å². The SMILES string of the molecule is CO[C@H]1C(=C2NC(=O)Nc3[nH]c(C)cc32)O[C@H](CO)[C@H]1O. The molecule has 0 aliphatic carbocycles. The highest BCUT2D eigenvalue weighted by molar-refractivity contribution is 6.02. The highest BCUT2D eigenvalue weighted by Gasteiger charge is 2.43. The Labute approximate surface area is 120 Å². The molecule has 3 rings (SSSR count). The Morgan fingerprint density at radius 3 is 2.86 bits per heavy atom.